The first kappa shape index (κ1) is 16.2. The number of thioether (sulfide) groups is 1. The largest absolute Gasteiger partial charge is 0.493 e. The van der Waals surface area contributed by atoms with Gasteiger partial charge in [-0.3, -0.25) is 0 Å². The van der Waals surface area contributed by atoms with Gasteiger partial charge < -0.3 is 9.47 Å². The molecule has 0 aliphatic heterocycles. The lowest BCUT2D eigenvalue weighted by atomic mass is 10.2. The van der Waals surface area contributed by atoms with Gasteiger partial charge in [0.1, 0.15) is 0 Å². The molecule has 0 fully saturated rings. The van der Waals surface area contributed by atoms with Gasteiger partial charge in [-0.1, -0.05) is 22.9 Å². The van der Waals surface area contributed by atoms with Crippen molar-refractivity contribution in [1.29, 1.82) is 0 Å². The van der Waals surface area contributed by atoms with E-state index in [-0.39, 0.29) is 0 Å². The maximum absolute atomic E-state index is 5.80. The Bertz CT molecular complexity index is 372. The van der Waals surface area contributed by atoms with E-state index in [1.807, 2.05) is 23.9 Å². The predicted molar refractivity (Wildman–Crippen MR) is 86.4 cm³/mol. The lowest BCUT2D eigenvalue weighted by Gasteiger charge is -2.13. The molecule has 0 saturated heterocycles. The predicted octanol–water partition coefficient (Wildman–Crippen LogP) is 4.87. The third-order valence-electron chi connectivity index (χ3n) is 2.33. The van der Waals surface area contributed by atoms with Gasteiger partial charge in [-0.2, -0.15) is 11.8 Å². The molecule has 0 amide bonds. The summed E-state index contributed by atoms with van der Waals surface area (Å²) in [4.78, 5) is 0. The number of alkyl halides is 1. The van der Waals surface area contributed by atoms with Crippen LogP contribution in [0.15, 0.2) is 16.6 Å². The summed E-state index contributed by atoms with van der Waals surface area (Å²) in [5.41, 5.74) is 1.16. The smallest absolute Gasteiger partial charge is 0.175 e. The van der Waals surface area contributed by atoms with Crippen molar-refractivity contribution >= 4 is 43.6 Å². The van der Waals surface area contributed by atoms with Crippen LogP contribution in [0.2, 0.25) is 0 Å². The fourth-order valence-corrected chi connectivity index (χ4v) is 3.01. The van der Waals surface area contributed by atoms with Crippen molar-refractivity contribution in [1.82, 2.24) is 0 Å². The van der Waals surface area contributed by atoms with Gasteiger partial charge in [0.05, 0.1) is 18.2 Å². The van der Waals surface area contributed by atoms with Gasteiger partial charge in [0, 0.05) is 5.33 Å². The fourth-order valence-electron chi connectivity index (χ4n) is 1.47. The van der Waals surface area contributed by atoms with Crippen LogP contribution in [0.3, 0.4) is 0 Å². The second-order valence-electron chi connectivity index (χ2n) is 3.64. The van der Waals surface area contributed by atoms with Crippen LogP contribution in [0.1, 0.15) is 18.9 Å². The van der Waals surface area contributed by atoms with Crippen LogP contribution in [-0.4, -0.2) is 25.2 Å². The highest BCUT2D eigenvalue weighted by Crippen LogP contribution is 2.37. The van der Waals surface area contributed by atoms with E-state index < -0.39 is 0 Å². The number of benzene rings is 1. The van der Waals surface area contributed by atoms with Crippen molar-refractivity contribution in [3.8, 4) is 11.5 Å². The third-order valence-corrected chi connectivity index (χ3v) is 4.55. The summed E-state index contributed by atoms with van der Waals surface area (Å²) in [5, 5.41) is 0.801. The number of hydrogen-bond donors (Lipinski definition) is 0. The Hall–Kier alpha value is 0.130. The molecule has 0 spiro atoms. The van der Waals surface area contributed by atoms with E-state index >= 15 is 0 Å². The quantitative estimate of drug-likeness (QED) is 0.460. The molecule has 0 radical (unpaired) electrons. The van der Waals surface area contributed by atoms with Crippen molar-refractivity contribution < 1.29 is 9.47 Å². The molecule has 0 aliphatic carbocycles. The molecule has 0 N–H and O–H groups in total. The summed E-state index contributed by atoms with van der Waals surface area (Å²) < 4.78 is 12.1. The van der Waals surface area contributed by atoms with Crippen LogP contribution < -0.4 is 9.47 Å². The van der Waals surface area contributed by atoms with Crippen LogP contribution in [0.25, 0.3) is 0 Å². The maximum atomic E-state index is 5.80. The van der Waals surface area contributed by atoms with Crippen LogP contribution in [0, 0.1) is 0 Å². The van der Waals surface area contributed by atoms with Gasteiger partial charge in [-0.05, 0) is 51.6 Å². The highest BCUT2D eigenvalue weighted by molar-refractivity contribution is 9.10. The highest BCUT2D eigenvalue weighted by atomic mass is 79.9. The molecule has 2 nitrogen and oxygen atoms in total. The molecule has 0 atom stereocenters. The van der Waals surface area contributed by atoms with Gasteiger partial charge in [0.25, 0.3) is 0 Å². The molecule has 5 heteroatoms. The first-order valence-corrected chi connectivity index (χ1v) is 8.92. The zero-order valence-corrected chi connectivity index (χ0v) is 14.7. The van der Waals surface area contributed by atoms with Crippen LogP contribution in [0.5, 0.6) is 11.5 Å². The minimum atomic E-state index is 0.718. The third kappa shape index (κ3) is 5.02. The molecule has 0 bridgehead atoms. The Kier molecular flexibility index (Phi) is 8.18. The molecular weight excluding hydrogens is 380 g/mol. The Morgan fingerprint density at radius 2 is 2.11 bits per heavy atom. The second kappa shape index (κ2) is 9.10. The van der Waals surface area contributed by atoms with Crippen molar-refractivity contribution in [3.05, 3.63) is 22.2 Å². The monoisotopic (exact) mass is 396 g/mol. The second-order valence-corrected chi connectivity index (χ2v) is 6.45. The zero-order chi connectivity index (χ0) is 13.4. The lowest BCUT2D eigenvalue weighted by molar-refractivity contribution is 0.293. The average molecular weight is 398 g/mol. The summed E-state index contributed by atoms with van der Waals surface area (Å²) in [7, 11) is 1.67. The summed E-state index contributed by atoms with van der Waals surface area (Å²) in [6.45, 7) is 2.89. The van der Waals surface area contributed by atoms with Gasteiger partial charge >= 0.3 is 0 Å². The summed E-state index contributed by atoms with van der Waals surface area (Å²) >= 11 is 8.91. The van der Waals surface area contributed by atoms with Crippen molar-refractivity contribution in [2.75, 3.05) is 25.2 Å². The molecule has 1 aromatic carbocycles. The van der Waals surface area contributed by atoms with E-state index in [4.69, 9.17) is 9.47 Å². The average Bonchev–Trinajstić information content (AvgIpc) is 2.39. The fraction of sp³-hybridized carbons (Fsp3) is 0.538. The van der Waals surface area contributed by atoms with Crippen LogP contribution >= 0.6 is 43.6 Å². The lowest BCUT2D eigenvalue weighted by Crippen LogP contribution is -2.02. The summed E-state index contributed by atoms with van der Waals surface area (Å²) in [5.74, 6) is 3.87. The Morgan fingerprint density at radius 3 is 2.72 bits per heavy atom. The minimum absolute atomic E-state index is 0.718. The van der Waals surface area contributed by atoms with Gasteiger partial charge in [0.2, 0.25) is 0 Å². The SMILES string of the molecule is CCSCCCOc1c(Br)cc(CBr)cc1OC. The number of ether oxygens (including phenoxy) is 2. The van der Waals surface area contributed by atoms with Crippen molar-refractivity contribution in [3.63, 3.8) is 0 Å². The van der Waals surface area contributed by atoms with E-state index in [0.717, 1.165) is 51.4 Å². The van der Waals surface area contributed by atoms with E-state index in [2.05, 4.69) is 38.8 Å². The summed E-state index contributed by atoms with van der Waals surface area (Å²) in [6.07, 6.45) is 1.05. The highest BCUT2D eigenvalue weighted by Gasteiger charge is 2.11. The zero-order valence-electron chi connectivity index (χ0n) is 10.7. The first-order chi connectivity index (χ1) is 8.72. The molecule has 102 valence electrons. The van der Waals surface area contributed by atoms with Crippen LogP contribution in [-0.2, 0) is 5.33 Å². The van der Waals surface area contributed by atoms with Gasteiger partial charge in [0.15, 0.2) is 11.5 Å². The maximum Gasteiger partial charge on any atom is 0.175 e. The molecule has 0 unspecified atom stereocenters. The molecule has 0 aliphatic rings. The van der Waals surface area contributed by atoms with Crippen molar-refractivity contribution in [2.24, 2.45) is 0 Å². The normalized spacial score (nSPS) is 10.4. The number of hydrogen-bond acceptors (Lipinski definition) is 3. The summed E-state index contributed by atoms with van der Waals surface area (Å²) in [6, 6.07) is 4.04. The van der Waals surface area contributed by atoms with E-state index in [9.17, 15) is 0 Å². The number of halogens is 2. The number of methoxy groups -OCH3 is 1. The molecular formula is C13H18Br2O2S. The molecule has 1 aromatic rings. The van der Waals surface area contributed by atoms with Gasteiger partial charge in [-0.15, -0.1) is 0 Å². The molecule has 0 heterocycles. The van der Waals surface area contributed by atoms with E-state index in [0.29, 0.717) is 0 Å². The molecule has 18 heavy (non-hydrogen) atoms. The number of rotatable bonds is 8. The standard InChI is InChI=1S/C13H18Br2O2S/c1-3-18-6-4-5-17-13-11(15)7-10(9-14)8-12(13)16-2/h7-8H,3-6,9H2,1-2H3. The van der Waals surface area contributed by atoms with Crippen molar-refractivity contribution in [2.45, 2.75) is 18.7 Å². The van der Waals surface area contributed by atoms with E-state index in [1.54, 1.807) is 7.11 Å². The topological polar surface area (TPSA) is 18.5 Å². The molecule has 1 rings (SSSR count). The van der Waals surface area contributed by atoms with E-state index in [1.165, 1.54) is 0 Å². The molecule has 0 aromatic heterocycles. The Labute approximate surface area is 130 Å². The molecule has 0 saturated carbocycles. The van der Waals surface area contributed by atoms with Crippen LogP contribution in [0.4, 0.5) is 0 Å². The first-order valence-electron chi connectivity index (χ1n) is 5.85. The Balaban J connectivity index is 2.63. The Morgan fingerprint density at radius 1 is 1.33 bits per heavy atom. The van der Waals surface area contributed by atoms with Gasteiger partial charge in [-0.25, -0.2) is 0 Å². The minimum Gasteiger partial charge on any atom is -0.493 e.